The van der Waals surface area contributed by atoms with E-state index in [1.807, 2.05) is 179 Å². The van der Waals surface area contributed by atoms with Crippen LogP contribution in [0.15, 0.2) is 109 Å². The maximum atomic E-state index is 13.5. The molecule has 14 rings (SSSR count). The number of carboxylic acid groups (broad SMARTS) is 2. The predicted octanol–water partition coefficient (Wildman–Crippen LogP) is 8.73. The number of carboxylic acids is 2. The average molecular weight is 1820 g/mol. The van der Waals surface area contributed by atoms with E-state index in [4.69, 9.17) is 34.1 Å². The first kappa shape index (κ1) is 97.5. The number of pyridine rings is 6. The monoisotopic (exact) mass is 1810 g/mol. The maximum Gasteiger partial charge on any atom is 0.309 e. The van der Waals surface area contributed by atoms with Gasteiger partial charge in [0.25, 0.3) is 0 Å². The molecule has 5 amide bonds. The molecule has 0 radical (unpaired) electrons. The van der Waals surface area contributed by atoms with Gasteiger partial charge in [0, 0.05) is 144 Å². The number of esters is 3. The van der Waals surface area contributed by atoms with E-state index in [2.05, 4.69) is 58.5 Å². The zero-order valence-electron chi connectivity index (χ0n) is 75.2. The second-order valence-electron chi connectivity index (χ2n) is 37.2. The Bertz CT molecular complexity index is 4340. The first-order valence-electron chi connectivity index (χ1n) is 44.7. The largest absolute Gasteiger partial charge is 0.481 e. The Morgan fingerprint density at radius 3 is 0.654 bits per heavy atom. The Morgan fingerprint density at radius 1 is 0.299 bits per heavy atom. The smallest absolute Gasteiger partial charge is 0.309 e. The summed E-state index contributed by atoms with van der Waals surface area (Å²) >= 11 is 3.15. The second-order valence-corrected chi connectivity index (χ2v) is 37.8. The number of carbonyl (C=O) groups is 10. The van der Waals surface area contributed by atoms with Gasteiger partial charge in [0.15, 0.2) is 0 Å². The third-order valence-corrected chi connectivity index (χ3v) is 23.7. The molecule has 0 aliphatic carbocycles. The van der Waals surface area contributed by atoms with Gasteiger partial charge in [0.05, 0.1) is 129 Å². The molecule has 32 nitrogen and oxygen atoms in total. The number of hydrogen-bond acceptors (Lipinski definition) is 25. The number of alkyl halides is 1. The first-order valence-corrected chi connectivity index (χ1v) is 45.8. The topological polar surface area (TPSA) is 369 Å². The van der Waals surface area contributed by atoms with Crippen LogP contribution >= 0.6 is 15.9 Å². The summed E-state index contributed by atoms with van der Waals surface area (Å²) in [5.74, 6) is -3.28. The van der Waals surface area contributed by atoms with Gasteiger partial charge in [0.1, 0.15) is 16.8 Å². The first-order chi connectivity index (χ1) is 60.6. The number of nitrogens with one attached hydrogen (secondary N) is 2. The van der Waals surface area contributed by atoms with Gasteiger partial charge in [-0.25, -0.2) is 0 Å². The number of piperidine rings is 5. The highest BCUT2D eigenvalue weighted by Gasteiger charge is 2.37. The Balaban J connectivity index is 0.000000180. The number of halogens is 1. The van der Waals surface area contributed by atoms with Crippen molar-refractivity contribution in [3.05, 3.63) is 178 Å². The number of aliphatic carboxylic acids is 2. The van der Waals surface area contributed by atoms with E-state index < -0.39 is 40.6 Å². The number of carbonyl (C=O) groups excluding carboxylic acids is 8. The fraction of sp³-hybridized carbons (Fsp3) is 0.574. The quantitative estimate of drug-likeness (QED) is 0.0449. The van der Waals surface area contributed by atoms with Crippen molar-refractivity contribution in [2.45, 2.75) is 222 Å². The van der Waals surface area contributed by atoms with Crippen molar-refractivity contribution in [1.29, 1.82) is 0 Å². The molecule has 0 atom stereocenters. The fourth-order valence-corrected chi connectivity index (χ4v) is 17.0. The minimum absolute atomic E-state index is 0.0202. The second kappa shape index (κ2) is 46.2. The summed E-state index contributed by atoms with van der Waals surface area (Å²) in [6.45, 7) is 29.5. The number of hydrogen-bond donors (Lipinski definition) is 4. The highest BCUT2D eigenvalue weighted by atomic mass is 79.9. The molecule has 12 bridgehead atoms. The zero-order valence-corrected chi connectivity index (χ0v) is 76.8. The van der Waals surface area contributed by atoms with Gasteiger partial charge in [-0.3, -0.25) is 97.4 Å². The molecule has 686 valence electrons. The van der Waals surface area contributed by atoms with E-state index in [1.54, 1.807) is 14.7 Å². The van der Waals surface area contributed by atoms with Gasteiger partial charge in [0.2, 0.25) is 29.5 Å². The summed E-state index contributed by atoms with van der Waals surface area (Å²) in [6.07, 6.45) is 5.65. The van der Waals surface area contributed by atoms with E-state index in [1.165, 1.54) is 0 Å². The van der Waals surface area contributed by atoms with Gasteiger partial charge >= 0.3 is 29.8 Å². The van der Waals surface area contributed by atoms with Crippen molar-refractivity contribution < 1.29 is 72.4 Å². The highest BCUT2D eigenvalue weighted by molar-refractivity contribution is 9.09. The number of ether oxygens (including phenoxy) is 3. The third kappa shape index (κ3) is 31.9. The van der Waals surface area contributed by atoms with Crippen molar-refractivity contribution >= 4 is 75.3 Å². The van der Waals surface area contributed by atoms with E-state index in [0.29, 0.717) is 187 Å². The summed E-state index contributed by atoms with van der Waals surface area (Å²) in [5, 5.41) is 25.7. The zero-order chi connectivity index (χ0) is 91.0. The number of fused-ring (bicyclic) bond motifs is 12. The molecule has 6 aromatic heterocycles. The Kier molecular flexibility index (Phi) is 35.5. The number of amides is 5. The number of likely N-dealkylation sites (tertiary alicyclic amines) is 5. The molecule has 6 aromatic rings. The minimum Gasteiger partial charge on any atom is -0.481 e. The standard InChI is InChI=1S/C38H54N6O6.C30H38N6O6.C14H16N4.C12H20BrNO3/c1-37(2,3)49-35(47)27-13-17-43(18-14-27)33(45)25-41-21-29-9-7-11-31(39-29)23-42(24-32-12-8-10-30(22-41)40-32)26-34(46)44-19-15-28(16-20-44)36(48)50-38(4,5)6;37-27(35-11-7-21(8-12-35)29(39)40)19-33-15-23-3-1-4-24(31-23)16-34(18-26-6-2-5-25(17-33)32-26)20-28(38)36-13-9-22(10-14-36)30(41)42;1-3-11-7-15-9-13-5-2-6-14(18-13)10-16-8-12(4-1)17-11;1-12(2,3)17-11(16)9-4-6-14(7-5-9)10(15)8-13/h7-12,27-28H,13-26H2,1-6H3;1-6,21-22H,7-20H2,(H,39,40)(H,41,42);1-6,15-16H,7-10H2;9H,4-8H2,1-3H3. The molecular weight excluding hydrogens is 1690 g/mol. The van der Waals surface area contributed by atoms with Crippen LogP contribution in [0.25, 0.3) is 0 Å². The summed E-state index contributed by atoms with van der Waals surface area (Å²) in [7, 11) is 0. The van der Waals surface area contributed by atoms with E-state index in [-0.39, 0.29) is 91.4 Å². The van der Waals surface area contributed by atoms with Crippen LogP contribution in [0.5, 0.6) is 0 Å². The van der Waals surface area contributed by atoms with Crippen LogP contribution in [0.2, 0.25) is 0 Å². The molecule has 0 unspecified atom stereocenters. The molecule has 0 aromatic carbocycles. The van der Waals surface area contributed by atoms with E-state index in [0.717, 1.165) is 94.5 Å². The molecule has 5 fully saturated rings. The van der Waals surface area contributed by atoms with Crippen LogP contribution in [0.3, 0.4) is 0 Å². The predicted molar refractivity (Wildman–Crippen MR) is 476 cm³/mol. The van der Waals surface area contributed by atoms with E-state index >= 15 is 0 Å². The lowest BCUT2D eigenvalue weighted by molar-refractivity contribution is -0.163. The van der Waals surface area contributed by atoms with Crippen molar-refractivity contribution in [2.24, 2.45) is 29.6 Å². The van der Waals surface area contributed by atoms with Crippen molar-refractivity contribution in [3.63, 3.8) is 0 Å². The number of rotatable bonds is 14. The molecule has 8 aliphatic rings. The molecule has 14 heterocycles. The lowest BCUT2D eigenvalue weighted by Gasteiger charge is -2.34. The Labute approximate surface area is 754 Å². The average Bonchev–Trinajstić information content (AvgIpc) is 0.835. The third-order valence-electron chi connectivity index (χ3n) is 23.2. The number of aromatic nitrogens is 6. The van der Waals surface area contributed by atoms with Crippen LogP contribution in [-0.2, 0) is 141 Å². The summed E-state index contributed by atoms with van der Waals surface area (Å²) < 4.78 is 16.5. The lowest BCUT2D eigenvalue weighted by Crippen LogP contribution is -2.46. The van der Waals surface area contributed by atoms with Crippen molar-refractivity contribution in [1.82, 2.24) is 84.6 Å². The Morgan fingerprint density at radius 2 is 0.472 bits per heavy atom. The lowest BCUT2D eigenvalue weighted by atomic mass is 9.96. The van der Waals surface area contributed by atoms with Crippen molar-refractivity contribution in [3.8, 4) is 0 Å². The van der Waals surface area contributed by atoms with Crippen molar-refractivity contribution in [2.75, 3.05) is 97.0 Å². The fourth-order valence-electron chi connectivity index (χ4n) is 16.7. The van der Waals surface area contributed by atoms with Crippen LogP contribution < -0.4 is 10.6 Å². The summed E-state index contributed by atoms with van der Waals surface area (Å²) in [4.78, 5) is 171. The van der Waals surface area contributed by atoms with E-state index in [9.17, 15) is 58.2 Å². The van der Waals surface area contributed by atoms with Gasteiger partial charge in [-0.05, 0) is 199 Å². The van der Waals surface area contributed by atoms with Gasteiger partial charge in [-0.15, -0.1) is 0 Å². The Hall–Kier alpha value is -10.2. The molecule has 0 spiro atoms. The van der Waals surface area contributed by atoms with Crippen LogP contribution in [0, 0.1) is 29.6 Å². The number of nitrogens with zero attached hydrogens (tertiary/aromatic N) is 15. The molecule has 4 N–H and O–H groups in total. The molecule has 33 heteroatoms. The SMILES string of the molecule is CC(C)(C)OC(=O)C1CCN(C(=O)CBr)CC1.CC(C)(C)OC(=O)C1CCN(C(=O)CN2Cc3cccc(n3)CN(CC(=O)N3CCC(C(=O)OC(C)(C)C)CC3)Cc3cccc(n3)C2)CC1.O=C(O)C1CCN(C(=O)CN2Cc3cccc(n3)CN(CC(=O)N3CCC(C(=O)O)CC3)Cc3cccc(n3)C2)CC1.c1cc2nc(c1)CNCc1cccc(n1)CNC2. The molecule has 8 aliphatic heterocycles. The summed E-state index contributed by atoms with van der Waals surface area (Å²) in [5.41, 5.74) is 9.41. The van der Waals surface area contributed by atoms with Gasteiger partial charge < -0.3 is 59.6 Å². The maximum absolute atomic E-state index is 13.5. The normalized spacial score (nSPS) is 18.5. The molecule has 127 heavy (non-hydrogen) atoms. The minimum atomic E-state index is -0.801. The molecule has 5 saturated heterocycles. The van der Waals surface area contributed by atoms with Gasteiger partial charge in [-0.2, -0.15) is 0 Å². The molecular formula is C94H128BrN17O15. The van der Waals surface area contributed by atoms with Crippen LogP contribution in [0.4, 0.5) is 0 Å². The van der Waals surface area contributed by atoms with Crippen LogP contribution in [-0.4, -0.2) is 257 Å². The highest BCUT2D eigenvalue weighted by Crippen LogP contribution is 2.29. The molecule has 0 saturated carbocycles. The van der Waals surface area contributed by atoms with Gasteiger partial charge in [-0.1, -0.05) is 52.3 Å². The summed E-state index contributed by atoms with van der Waals surface area (Å²) in [6, 6.07) is 35.7. The van der Waals surface area contributed by atoms with Crippen LogP contribution in [0.1, 0.15) is 195 Å².